The van der Waals surface area contributed by atoms with Gasteiger partial charge in [0.15, 0.2) is 11.5 Å². The summed E-state index contributed by atoms with van der Waals surface area (Å²) in [5.41, 5.74) is 1.78. The molecule has 7 nitrogen and oxygen atoms in total. The molecule has 0 saturated heterocycles. The number of methoxy groups -OCH3 is 1. The fourth-order valence-electron chi connectivity index (χ4n) is 2.91. The Morgan fingerprint density at radius 1 is 1.21 bits per heavy atom. The molecule has 8 heteroatoms. The largest absolute Gasteiger partial charge is 0.497 e. The second-order valence-electron chi connectivity index (χ2n) is 6.21. The zero-order chi connectivity index (χ0) is 20.2. The lowest BCUT2D eigenvalue weighted by Gasteiger charge is -2.19. The lowest BCUT2D eigenvalue weighted by atomic mass is 10.1. The van der Waals surface area contributed by atoms with Gasteiger partial charge >= 0.3 is 0 Å². The number of carbonyl (C=O) groups is 1. The highest BCUT2D eigenvalue weighted by atomic mass is 32.2. The highest BCUT2D eigenvalue weighted by Gasteiger charge is 2.14. The molecule has 146 valence electrons. The molecule has 2 aromatic carbocycles. The second kappa shape index (κ2) is 8.29. The van der Waals surface area contributed by atoms with E-state index in [1.54, 1.807) is 31.4 Å². The first-order valence-electron chi connectivity index (χ1n) is 8.87. The van der Waals surface area contributed by atoms with Crippen LogP contribution in [0.25, 0.3) is 10.9 Å². The highest BCUT2D eigenvalue weighted by molar-refractivity contribution is 8.00. The maximum absolute atomic E-state index is 12.4. The number of nitriles is 1. The van der Waals surface area contributed by atoms with Crippen molar-refractivity contribution in [3.8, 4) is 23.3 Å². The van der Waals surface area contributed by atoms with Crippen LogP contribution in [0.15, 0.2) is 47.5 Å². The molecule has 2 heterocycles. The van der Waals surface area contributed by atoms with Crippen LogP contribution in [0.1, 0.15) is 5.56 Å². The number of hydrogen-bond acceptors (Lipinski definition) is 7. The average molecular weight is 407 g/mol. The van der Waals surface area contributed by atoms with Crippen molar-refractivity contribution in [1.29, 1.82) is 5.26 Å². The van der Waals surface area contributed by atoms with Crippen LogP contribution in [0.2, 0.25) is 0 Å². The standard InChI is InChI=1S/C21H17N3O4S/c1-26-16-3-4-17-13(9-16)8-14(11-22)21(24-17)29-12-20(25)23-15-2-5-18-19(10-15)28-7-6-27-18/h2-5,8-10H,6-7,12H2,1H3,(H,23,25). The quantitative estimate of drug-likeness (QED) is 0.646. The fraction of sp³-hybridized carbons (Fsp3) is 0.190. The SMILES string of the molecule is COc1ccc2nc(SCC(=O)Nc3ccc4c(c3)OCCO4)c(C#N)cc2c1. The molecule has 0 bridgehead atoms. The van der Waals surface area contributed by atoms with Gasteiger partial charge in [-0.05, 0) is 36.4 Å². The Balaban J connectivity index is 1.46. The molecule has 1 aliphatic heterocycles. The minimum Gasteiger partial charge on any atom is -0.497 e. The second-order valence-corrected chi connectivity index (χ2v) is 7.17. The van der Waals surface area contributed by atoms with Gasteiger partial charge < -0.3 is 19.5 Å². The number of nitrogens with zero attached hydrogens (tertiary/aromatic N) is 2. The van der Waals surface area contributed by atoms with Gasteiger partial charge in [-0.3, -0.25) is 4.79 Å². The van der Waals surface area contributed by atoms with Crippen molar-refractivity contribution in [1.82, 2.24) is 4.98 Å². The average Bonchev–Trinajstić information content (AvgIpc) is 2.76. The maximum Gasteiger partial charge on any atom is 0.234 e. The molecule has 3 aromatic rings. The minimum atomic E-state index is -0.202. The first kappa shape index (κ1) is 18.9. The number of amides is 1. The number of fused-ring (bicyclic) bond motifs is 2. The molecular formula is C21H17N3O4S. The third-order valence-corrected chi connectivity index (χ3v) is 5.26. The normalized spacial score (nSPS) is 12.3. The topological polar surface area (TPSA) is 93.5 Å². The molecule has 0 atom stereocenters. The molecule has 1 amide bonds. The van der Waals surface area contributed by atoms with E-state index in [2.05, 4.69) is 16.4 Å². The van der Waals surface area contributed by atoms with Crippen LogP contribution in [-0.2, 0) is 4.79 Å². The molecule has 29 heavy (non-hydrogen) atoms. The third-order valence-electron chi connectivity index (χ3n) is 4.27. The molecule has 0 spiro atoms. The minimum absolute atomic E-state index is 0.123. The molecule has 1 aliphatic rings. The smallest absolute Gasteiger partial charge is 0.234 e. The summed E-state index contributed by atoms with van der Waals surface area (Å²) in [7, 11) is 1.59. The van der Waals surface area contributed by atoms with Crippen molar-refractivity contribution in [3.05, 3.63) is 48.0 Å². The Hall–Kier alpha value is -3.44. The van der Waals surface area contributed by atoms with E-state index in [9.17, 15) is 10.1 Å². The predicted octanol–water partition coefficient (Wildman–Crippen LogP) is 3.62. The Bertz CT molecular complexity index is 1130. The molecule has 0 radical (unpaired) electrons. The zero-order valence-corrected chi connectivity index (χ0v) is 16.4. The Morgan fingerprint density at radius 3 is 2.83 bits per heavy atom. The Morgan fingerprint density at radius 2 is 2.03 bits per heavy atom. The van der Waals surface area contributed by atoms with Gasteiger partial charge in [0, 0.05) is 17.1 Å². The van der Waals surface area contributed by atoms with E-state index in [-0.39, 0.29) is 11.7 Å². The number of nitrogens with one attached hydrogen (secondary N) is 1. The lowest BCUT2D eigenvalue weighted by molar-refractivity contribution is -0.113. The number of aromatic nitrogens is 1. The number of anilines is 1. The number of ether oxygens (including phenoxy) is 3. The van der Waals surface area contributed by atoms with E-state index in [4.69, 9.17) is 14.2 Å². The van der Waals surface area contributed by atoms with Crippen LogP contribution >= 0.6 is 11.8 Å². The van der Waals surface area contributed by atoms with Crippen molar-refractivity contribution in [2.45, 2.75) is 5.03 Å². The molecule has 1 N–H and O–H groups in total. The monoisotopic (exact) mass is 407 g/mol. The molecule has 4 rings (SSSR count). The van der Waals surface area contributed by atoms with Crippen LogP contribution in [0.4, 0.5) is 5.69 Å². The number of thioether (sulfide) groups is 1. The van der Waals surface area contributed by atoms with Gasteiger partial charge in [-0.15, -0.1) is 0 Å². The van der Waals surface area contributed by atoms with Crippen molar-refractivity contribution >= 4 is 34.3 Å². The van der Waals surface area contributed by atoms with Gasteiger partial charge in [-0.2, -0.15) is 5.26 Å². The summed E-state index contributed by atoms with van der Waals surface area (Å²) >= 11 is 1.22. The van der Waals surface area contributed by atoms with Gasteiger partial charge in [-0.25, -0.2) is 4.98 Å². The number of rotatable bonds is 5. The van der Waals surface area contributed by atoms with Crippen molar-refractivity contribution < 1.29 is 19.0 Å². The van der Waals surface area contributed by atoms with Crippen LogP contribution in [-0.4, -0.2) is 37.0 Å². The van der Waals surface area contributed by atoms with Crippen molar-refractivity contribution in [2.24, 2.45) is 0 Å². The number of benzene rings is 2. The highest BCUT2D eigenvalue weighted by Crippen LogP contribution is 2.33. The van der Waals surface area contributed by atoms with Gasteiger partial charge in [0.2, 0.25) is 5.91 Å². The summed E-state index contributed by atoms with van der Waals surface area (Å²) in [6.07, 6.45) is 0. The summed E-state index contributed by atoms with van der Waals surface area (Å²) in [4.78, 5) is 16.9. The van der Waals surface area contributed by atoms with Gasteiger partial charge in [0.05, 0.1) is 23.9 Å². The zero-order valence-electron chi connectivity index (χ0n) is 15.6. The predicted molar refractivity (Wildman–Crippen MR) is 110 cm³/mol. The fourth-order valence-corrected chi connectivity index (χ4v) is 3.67. The van der Waals surface area contributed by atoms with Gasteiger partial charge in [0.25, 0.3) is 0 Å². The molecule has 0 unspecified atom stereocenters. The van der Waals surface area contributed by atoms with E-state index in [1.165, 1.54) is 11.8 Å². The summed E-state index contributed by atoms with van der Waals surface area (Å²) in [6, 6.07) is 14.6. The van der Waals surface area contributed by atoms with Gasteiger partial charge in [0.1, 0.15) is 30.1 Å². The summed E-state index contributed by atoms with van der Waals surface area (Å²) < 4.78 is 16.2. The summed E-state index contributed by atoms with van der Waals surface area (Å²) in [5.74, 6) is 1.89. The molecule has 0 fully saturated rings. The van der Waals surface area contributed by atoms with E-state index in [0.717, 1.165) is 10.9 Å². The lowest BCUT2D eigenvalue weighted by Crippen LogP contribution is -2.17. The number of hydrogen-bond donors (Lipinski definition) is 1. The Kier molecular flexibility index (Phi) is 5.40. The summed E-state index contributed by atoms with van der Waals surface area (Å²) in [5, 5.41) is 13.6. The van der Waals surface area contributed by atoms with E-state index in [0.29, 0.717) is 46.7 Å². The van der Waals surface area contributed by atoms with Crippen LogP contribution < -0.4 is 19.5 Å². The first-order valence-corrected chi connectivity index (χ1v) is 9.86. The van der Waals surface area contributed by atoms with Crippen molar-refractivity contribution in [3.63, 3.8) is 0 Å². The molecule has 1 aromatic heterocycles. The first-order chi connectivity index (χ1) is 14.2. The molecular weight excluding hydrogens is 390 g/mol. The third kappa shape index (κ3) is 4.20. The molecule has 0 saturated carbocycles. The Labute approximate surface area is 171 Å². The van der Waals surface area contributed by atoms with Gasteiger partial charge in [-0.1, -0.05) is 11.8 Å². The molecule has 0 aliphatic carbocycles. The van der Waals surface area contributed by atoms with Crippen LogP contribution in [0.5, 0.6) is 17.2 Å². The van der Waals surface area contributed by atoms with Crippen molar-refractivity contribution in [2.75, 3.05) is 31.4 Å². The summed E-state index contributed by atoms with van der Waals surface area (Å²) in [6.45, 7) is 0.999. The van der Waals surface area contributed by atoms with Crippen LogP contribution in [0, 0.1) is 11.3 Å². The van der Waals surface area contributed by atoms with Crippen LogP contribution in [0.3, 0.4) is 0 Å². The van der Waals surface area contributed by atoms with E-state index >= 15 is 0 Å². The van der Waals surface area contributed by atoms with E-state index < -0.39 is 0 Å². The van der Waals surface area contributed by atoms with E-state index in [1.807, 2.05) is 18.2 Å². The number of carbonyl (C=O) groups excluding carboxylic acids is 1. The number of pyridine rings is 1. The maximum atomic E-state index is 12.4.